The Morgan fingerprint density at radius 1 is 1.13 bits per heavy atom. The molecule has 0 radical (unpaired) electrons. The van der Waals surface area contributed by atoms with E-state index in [0.717, 1.165) is 60.6 Å². The number of fused-ring (bicyclic) bond motifs is 1. The number of rotatable bonds is 5. The summed E-state index contributed by atoms with van der Waals surface area (Å²) < 4.78 is 2.33. The lowest BCUT2D eigenvalue weighted by Crippen LogP contribution is -2.40. The zero-order chi connectivity index (χ0) is 21.3. The highest BCUT2D eigenvalue weighted by molar-refractivity contribution is 5.94. The van der Waals surface area contributed by atoms with Gasteiger partial charge >= 0.3 is 0 Å². The summed E-state index contributed by atoms with van der Waals surface area (Å²) in [6, 6.07) is 14.8. The summed E-state index contributed by atoms with van der Waals surface area (Å²) in [4.78, 5) is 20.3. The Kier molecular flexibility index (Phi) is 5.91. The second-order valence-corrected chi connectivity index (χ2v) is 8.81. The zero-order valence-corrected chi connectivity index (χ0v) is 18.5. The Balaban J connectivity index is 1.49. The average Bonchev–Trinajstić information content (AvgIpc) is 3.09. The third-order valence-electron chi connectivity index (χ3n) is 6.16. The van der Waals surface area contributed by atoms with E-state index in [4.69, 9.17) is 4.98 Å². The van der Waals surface area contributed by atoms with Crippen molar-refractivity contribution >= 4 is 22.6 Å². The first kappa shape index (κ1) is 20.6. The molecule has 0 spiro atoms. The summed E-state index contributed by atoms with van der Waals surface area (Å²) in [6.07, 6.45) is 1.97. The molecule has 3 aromatic rings. The number of piperidine rings is 1. The number of hydrogen-bond donors (Lipinski definition) is 1. The highest BCUT2D eigenvalue weighted by Crippen LogP contribution is 2.26. The van der Waals surface area contributed by atoms with Crippen molar-refractivity contribution in [3.05, 3.63) is 59.4 Å². The largest absolute Gasteiger partial charge is 0.325 e. The first-order chi connectivity index (χ1) is 14.4. The van der Waals surface area contributed by atoms with Crippen LogP contribution in [0.15, 0.2) is 42.5 Å². The molecule has 5 nitrogen and oxygen atoms in total. The van der Waals surface area contributed by atoms with Crippen molar-refractivity contribution in [3.63, 3.8) is 0 Å². The third-order valence-corrected chi connectivity index (χ3v) is 6.16. The molecule has 4 rings (SSSR count). The minimum absolute atomic E-state index is 0.00892. The van der Waals surface area contributed by atoms with Crippen LogP contribution in [-0.4, -0.2) is 33.4 Å². The molecule has 1 aliphatic heterocycles. The van der Waals surface area contributed by atoms with Gasteiger partial charge in [-0.15, -0.1) is 0 Å². The highest BCUT2D eigenvalue weighted by atomic mass is 16.1. The van der Waals surface area contributed by atoms with Crippen LogP contribution < -0.4 is 5.32 Å². The molecule has 0 saturated carbocycles. The molecule has 1 fully saturated rings. The zero-order valence-electron chi connectivity index (χ0n) is 18.5. The average molecular weight is 405 g/mol. The maximum Gasteiger partial charge on any atom is 0.228 e. The van der Waals surface area contributed by atoms with Crippen LogP contribution in [0, 0.1) is 19.8 Å². The van der Waals surface area contributed by atoms with Crippen LogP contribution >= 0.6 is 0 Å². The van der Waals surface area contributed by atoms with Gasteiger partial charge in [0, 0.05) is 18.3 Å². The van der Waals surface area contributed by atoms with Crippen molar-refractivity contribution in [1.82, 2.24) is 14.5 Å². The van der Waals surface area contributed by atoms with Crippen LogP contribution in [0.25, 0.3) is 11.0 Å². The van der Waals surface area contributed by atoms with Gasteiger partial charge in [-0.25, -0.2) is 4.98 Å². The molecule has 1 aromatic heterocycles. The number of carbonyl (C=O) groups excluding carboxylic acids is 1. The number of nitrogens with one attached hydrogen (secondary N) is 1. The molecule has 1 N–H and O–H groups in total. The fourth-order valence-corrected chi connectivity index (χ4v) is 4.63. The van der Waals surface area contributed by atoms with Gasteiger partial charge in [-0.1, -0.05) is 30.3 Å². The Hall–Kier alpha value is -2.66. The summed E-state index contributed by atoms with van der Waals surface area (Å²) in [5, 5.41) is 3.20. The fraction of sp³-hybridized carbons (Fsp3) is 0.440. The van der Waals surface area contributed by atoms with Crippen molar-refractivity contribution in [2.45, 2.75) is 53.1 Å². The minimum Gasteiger partial charge on any atom is -0.325 e. The number of anilines is 1. The molecule has 0 bridgehead atoms. The summed E-state index contributed by atoms with van der Waals surface area (Å²) >= 11 is 0. The van der Waals surface area contributed by atoms with E-state index in [2.05, 4.69) is 46.8 Å². The molecule has 1 amide bonds. The Labute approximate surface area is 179 Å². The number of para-hydroxylation sites is 3. The first-order valence-corrected chi connectivity index (χ1v) is 11.0. The van der Waals surface area contributed by atoms with Gasteiger partial charge in [-0.3, -0.25) is 9.69 Å². The van der Waals surface area contributed by atoms with E-state index < -0.39 is 0 Å². The van der Waals surface area contributed by atoms with E-state index in [1.165, 1.54) is 5.52 Å². The Morgan fingerprint density at radius 3 is 2.60 bits per heavy atom. The quantitative estimate of drug-likeness (QED) is 0.645. The molecule has 0 aliphatic carbocycles. The second kappa shape index (κ2) is 8.60. The predicted molar refractivity (Wildman–Crippen MR) is 123 cm³/mol. The molecule has 1 saturated heterocycles. The maximum atomic E-state index is 13.0. The van der Waals surface area contributed by atoms with E-state index in [1.807, 2.05) is 38.1 Å². The fourth-order valence-electron chi connectivity index (χ4n) is 4.63. The topological polar surface area (TPSA) is 50.2 Å². The number of likely N-dealkylation sites (tertiary alicyclic amines) is 1. The number of imidazole rings is 1. The Bertz CT molecular complexity index is 1030. The van der Waals surface area contributed by atoms with Crippen LogP contribution in [0.3, 0.4) is 0 Å². The van der Waals surface area contributed by atoms with E-state index in [1.54, 1.807) is 0 Å². The SMILES string of the molecule is Cc1cccc(C)c1NC(=O)[C@H]1CCCN(Cc2nc3ccccc3n2C(C)C)C1. The van der Waals surface area contributed by atoms with Gasteiger partial charge in [0.05, 0.1) is 23.5 Å². The van der Waals surface area contributed by atoms with Crippen molar-refractivity contribution in [1.29, 1.82) is 0 Å². The number of benzene rings is 2. The minimum atomic E-state index is 0.00892. The molecule has 1 atom stereocenters. The van der Waals surface area contributed by atoms with E-state index in [-0.39, 0.29) is 11.8 Å². The van der Waals surface area contributed by atoms with Crippen molar-refractivity contribution < 1.29 is 4.79 Å². The molecule has 5 heteroatoms. The monoisotopic (exact) mass is 404 g/mol. The van der Waals surface area contributed by atoms with Gasteiger partial charge in [-0.05, 0) is 70.3 Å². The lowest BCUT2D eigenvalue weighted by Gasteiger charge is -2.32. The molecule has 30 heavy (non-hydrogen) atoms. The molecule has 2 heterocycles. The number of aryl methyl sites for hydroxylation is 2. The predicted octanol–water partition coefficient (Wildman–Crippen LogP) is 5.08. The normalized spacial score (nSPS) is 17.6. The summed E-state index contributed by atoms with van der Waals surface area (Å²) in [6.45, 7) is 11.1. The molecule has 0 unspecified atom stereocenters. The number of aromatic nitrogens is 2. The number of carbonyl (C=O) groups is 1. The standard InChI is InChI=1S/C25H32N4O/c1-17(2)29-22-13-6-5-12-21(22)26-23(29)16-28-14-8-11-20(15-28)25(30)27-24-18(3)9-7-10-19(24)4/h5-7,9-10,12-13,17,20H,8,11,14-16H2,1-4H3,(H,27,30)/t20-/m0/s1. The van der Waals surface area contributed by atoms with Crippen molar-refractivity contribution in [2.24, 2.45) is 5.92 Å². The summed E-state index contributed by atoms with van der Waals surface area (Å²) in [5.41, 5.74) is 5.41. The van der Waals surface area contributed by atoms with Gasteiger partial charge in [-0.2, -0.15) is 0 Å². The highest BCUT2D eigenvalue weighted by Gasteiger charge is 2.27. The summed E-state index contributed by atoms with van der Waals surface area (Å²) in [7, 11) is 0. The van der Waals surface area contributed by atoms with Crippen LogP contribution in [0.2, 0.25) is 0 Å². The molecule has 2 aromatic carbocycles. The lowest BCUT2D eigenvalue weighted by atomic mass is 9.96. The van der Waals surface area contributed by atoms with Crippen LogP contribution in [0.5, 0.6) is 0 Å². The van der Waals surface area contributed by atoms with E-state index in [9.17, 15) is 4.79 Å². The lowest BCUT2D eigenvalue weighted by molar-refractivity contribution is -0.121. The van der Waals surface area contributed by atoms with Crippen molar-refractivity contribution in [2.75, 3.05) is 18.4 Å². The third kappa shape index (κ3) is 4.12. The van der Waals surface area contributed by atoms with Gasteiger partial charge in [0.15, 0.2) is 0 Å². The second-order valence-electron chi connectivity index (χ2n) is 8.81. The van der Waals surface area contributed by atoms with Crippen LogP contribution in [0.4, 0.5) is 5.69 Å². The number of hydrogen-bond acceptors (Lipinski definition) is 3. The molecule has 158 valence electrons. The van der Waals surface area contributed by atoms with Crippen LogP contribution in [-0.2, 0) is 11.3 Å². The molecular formula is C25H32N4O. The van der Waals surface area contributed by atoms with Gasteiger partial charge in [0.25, 0.3) is 0 Å². The van der Waals surface area contributed by atoms with Gasteiger partial charge in [0.1, 0.15) is 5.82 Å². The van der Waals surface area contributed by atoms with Crippen molar-refractivity contribution in [3.8, 4) is 0 Å². The maximum absolute atomic E-state index is 13.0. The molecule has 1 aliphatic rings. The van der Waals surface area contributed by atoms with Gasteiger partial charge < -0.3 is 9.88 Å². The van der Waals surface area contributed by atoms with Crippen LogP contribution in [0.1, 0.15) is 49.7 Å². The van der Waals surface area contributed by atoms with E-state index in [0.29, 0.717) is 6.04 Å². The smallest absolute Gasteiger partial charge is 0.228 e. The van der Waals surface area contributed by atoms with Gasteiger partial charge in [0.2, 0.25) is 5.91 Å². The van der Waals surface area contributed by atoms with E-state index >= 15 is 0 Å². The number of amides is 1. The Morgan fingerprint density at radius 2 is 1.87 bits per heavy atom. The first-order valence-electron chi connectivity index (χ1n) is 11.0. The molecular weight excluding hydrogens is 372 g/mol. The number of nitrogens with zero attached hydrogens (tertiary/aromatic N) is 3. The summed E-state index contributed by atoms with van der Waals surface area (Å²) in [5.74, 6) is 1.23.